The Bertz CT molecular complexity index is 754. The Balaban J connectivity index is 0.00000261. The summed E-state index contributed by atoms with van der Waals surface area (Å²) in [5.41, 5.74) is 2.32. The molecule has 146 valence electrons. The van der Waals surface area contributed by atoms with Crippen molar-refractivity contribution >= 4 is 29.9 Å². The van der Waals surface area contributed by atoms with E-state index in [1.165, 1.54) is 6.92 Å². The fraction of sp³-hybridized carbons (Fsp3) is 0.421. The first-order valence-electron chi connectivity index (χ1n) is 9.02. The first-order valence-corrected chi connectivity index (χ1v) is 9.02. The van der Waals surface area contributed by atoms with E-state index in [2.05, 4.69) is 21.0 Å². The molecule has 1 fully saturated rings. The van der Waals surface area contributed by atoms with E-state index in [0.29, 0.717) is 18.3 Å². The molecule has 2 aromatic rings. The number of halogens is 1. The molecule has 1 atom stereocenters. The molecule has 8 heteroatoms. The van der Waals surface area contributed by atoms with E-state index in [1.807, 2.05) is 35.1 Å². The molecule has 0 aliphatic carbocycles. The topological polar surface area (TPSA) is 88.0 Å². The van der Waals surface area contributed by atoms with E-state index in [9.17, 15) is 9.59 Å². The Morgan fingerprint density at radius 1 is 1.26 bits per heavy atom. The minimum absolute atomic E-state index is 0. The van der Waals surface area contributed by atoms with Gasteiger partial charge in [0.15, 0.2) is 0 Å². The Morgan fingerprint density at radius 2 is 2.04 bits per heavy atom. The molecule has 27 heavy (non-hydrogen) atoms. The van der Waals surface area contributed by atoms with Crippen molar-refractivity contribution < 1.29 is 9.59 Å². The standard InChI is InChI=1S/C19H25N5O2.ClH/c1-14(25)22-16-6-4-15(5-7-16)8-11-21-19(26)18-9-12-24(23-18)17-3-2-10-20-13-17;/h4-7,9,12,17,20H,2-3,8,10-11,13H2,1H3,(H,21,26)(H,22,25);1H. The molecular weight excluding hydrogens is 366 g/mol. The number of hydrogen-bond acceptors (Lipinski definition) is 4. The molecule has 3 rings (SSSR count). The molecule has 3 N–H and O–H groups in total. The van der Waals surface area contributed by atoms with Crippen molar-refractivity contribution in [1.82, 2.24) is 20.4 Å². The van der Waals surface area contributed by atoms with Crippen LogP contribution in [-0.4, -0.2) is 41.2 Å². The van der Waals surface area contributed by atoms with Gasteiger partial charge in [-0.3, -0.25) is 14.3 Å². The quantitative estimate of drug-likeness (QED) is 0.704. The summed E-state index contributed by atoms with van der Waals surface area (Å²) >= 11 is 0. The van der Waals surface area contributed by atoms with Gasteiger partial charge in [-0.25, -0.2) is 0 Å². The normalized spacial score (nSPS) is 16.3. The van der Waals surface area contributed by atoms with Crippen LogP contribution < -0.4 is 16.0 Å². The summed E-state index contributed by atoms with van der Waals surface area (Å²) < 4.78 is 1.89. The van der Waals surface area contributed by atoms with Gasteiger partial charge in [0.05, 0.1) is 6.04 Å². The molecule has 2 heterocycles. The highest BCUT2D eigenvalue weighted by atomic mass is 35.5. The van der Waals surface area contributed by atoms with Crippen molar-refractivity contribution in [1.29, 1.82) is 0 Å². The van der Waals surface area contributed by atoms with Gasteiger partial charge in [0.1, 0.15) is 5.69 Å². The molecule has 1 aliphatic heterocycles. The zero-order valence-corrected chi connectivity index (χ0v) is 16.2. The maximum atomic E-state index is 12.3. The smallest absolute Gasteiger partial charge is 0.271 e. The molecule has 2 amide bonds. The Morgan fingerprint density at radius 3 is 2.70 bits per heavy atom. The molecule has 0 bridgehead atoms. The summed E-state index contributed by atoms with van der Waals surface area (Å²) in [7, 11) is 0. The lowest BCUT2D eigenvalue weighted by atomic mass is 10.1. The van der Waals surface area contributed by atoms with Crippen LogP contribution >= 0.6 is 12.4 Å². The van der Waals surface area contributed by atoms with Gasteiger partial charge < -0.3 is 16.0 Å². The maximum absolute atomic E-state index is 12.3. The van der Waals surface area contributed by atoms with E-state index in [4.69, 9.17) is 0 Å². The second kappa shape index (κ2) is 10.1. The van der Waals surface area contributed by atoms with Crippen LogP contribution in [0.2, 0.25) is 0 Å². The number of rotatable bonds is 6. The third kappa shape index (κ3) is 6.08. The largest absolute Gasteiger partial charge is 0.350 e. The van der Waals surface area contributed by atoms with Crippen molar-refractivity contribution in [3.05, 3.63) is 47.8 Å². The minimum Gasteiger partial charge on any atom is -0.350 e. The number of anilines is 1. The van der Waals surface area contributed by atoms with Gasteiger partial charge in [-0.05, 0) is 49.6 Å². The fourth-order valence-electron chi connectivity index (χ4n) is 3.09. The molecule has 0 radical (unpaired) electrons. The average Bonchev–Trinajstić information content (AvgIpc) is 3.14. The van der Waals surface area contributed by atoms with Gasteiger partial charge in [-0.1, -0.05) is 12.1 Å². The molecule has 0 spiro atoms. The Labute approximate surface area is 165 Å². The second-order valence-corrected chi connectivity index (χ2v) is 6.57. The van der Waals surface area contributed by atoms with Crippen LogP contribution in [0.25, 0.3) is 0 Å². The molecule has 1 unspecified atom stereocenters. The van der Waals surface area contributed by atoms with Gasteiger partial charge in [0, 0.05) is 31.9 Å². The number of nitrogens with one attached hydrogen (secondary N) is 3. The van der Waals surface area contributed by atoms with Crippen molar-refractivity contribution in [3.63, 3.8) is 0 Å². The second-order valence-electron chi connectivity index (χ2n) is 6.57. The highest BCUT2D eigenvalue weighted by Gasteiger charge is 2.17. The van der Waals surface area contributed by atoms with E-state index < -0.39 is 0 Å². The summed E-state index contributed by atoms with van der Waals surface area (Å²) in [6.07, 6.45) is 4.82. The lowest BCUT2D eigenvalue weighted by Crippen LogP contribution is -2.32. The van der Waals surface area contributed by atoms with E-state index in [1.54, 1.807) is 6.07 Å². The maximum Gasteiger partial charge on any atom is 0.271 e. The van der Waals surface area contributed by atoms with E-state index in [0.717, 1.165) is 43.6 Å². The van der Waals surface area contributed by atoms with Crippen LogP contribution in [0, 0.1) is 0 Å². The summed E-state index contributed by atoms with van der Waals surface area (Å²) in [6, 6.07) is 9.71. The predicted octanol–water partition coefficient (Wildman–Crippen LogP) is 2.16. The third-order valence-electron chi connectivity index (χ3n) is 4.46. The number of carbonyl (C=O) groups is 2. The zero-order chi connectivity index (χ0) is 18.4. The molecule has 1 aromatic heterocycles. The summed E-state index contributed by atoms with van der Waals surface area (Å²) in [5, 5.41) is 13.4. The van der Waals surface area contributed by atoms with Crippen LogP contribution in [0.1, 0.15) is 41.9 Å². The Hall–Kier alpha value is -2.38. The lowest BCUT2D eigenvalue weighted by Gasteiger charge is -2.22. The highest BCUT2D eigenvalue weighted by Crippen LogP contribution is 2.15. The molecule has 7 nitrogen and oxygen atoms in total. The molecule has 0 saturated carbocycles. The fourth-order valence-corrected chi connectivity index (χ4v) is 3.09. The number of piperidine rings is 1. The highest BCUT2D eigenvalue weighted by molar-refractivity contribution is 5.92. The number of hydrogen-bond donors (Lipinski definition) is 3. The van der Waals surface area contributed by atoms with Crippen LogP contribution in [0.4, 0.5) is 5.69 Å². The van der Waals surface area contributed by atoms with Gasteiger partial charge >= 0.3 is 0 Å². The molecule has 1 saturated heterocycles. The minimum atomic E-state index is -0.151. The van der Waals surface area contributed by atoms with Crippen molar-refractivity contribution in [2.75, 3.05) is 25.0 Å². The average molecular weight is 392 g/mol. The van der Waals surface area contributed by atoms with Crippen LogP contribution in [-0.2, 0) is 11.2 Å². The van der Waals surface area contributed by atoms with Crippen LogP contribution in [0.15, 0.2) is 36.5 Å². The van der Waals surface area contributed by atoms with Crippen molar-refractivity contribution in [2.24, 2.45) is 0 Å². The van der Waals surface area contributed by atoms with Crippen LogP contribution in [0.5, 0.6) is 0 Å². The summed E-state index contributed by atoms with van der Waals surface area (Å²) in [5.74, 6) is -0.240. The zero-order valence-electron chi connectivity index (χ0n) is 15.4. The number of amides is 2. The summed E-state index contributed by atoms with van der Waals surface area (Å²) in [6.45, 7) is 3.97. The number of carbonyl (C=O) groups excluding carboxylic acids is 2. The number of nitrogens with zero attached hydrogens (tertiary/aromatic N) is 2. The first-order chi connectivity index (χ1) is 12.6. The SMILES string of the molecule is CC(=O)Nc1ccc(CCNC(=O)c2ccn(C3CCCNC3)n2)cc1.Cl. The van der Waals surface area contributed by atoms with Gasteiger partial charge in [-0.15, -0.1) is 12.4 Å². The van der Waals surface area contributed by atoms with Gasteiger partial charge in [0.2, 0.25) is 5.91 Å². The molecular formula is C19H26ClN5O2. The number of aromatic nitrogens is 2. The predicted molar refractivity (Wildman–Crippen MR) is 107 cm³/mol. The van der Waals surface area contributed by atoms with E-state index >= 15 is 0 Å². The Kier molecular flexibility index (Phi) is 7.82. The molecule has 1 aromatic carbocycles. The van der Waals surface area contributed by atoms with E-state index in [-0.39, 0.29) is 24.2 Å². The van der Waals surface area contributed by atoms with Gasteiger partial charge in [-0.2, -0.15) is 5.10 Å². The van der Waals surface area contributed by atoms with Crippen LogP contribution in [0.3, 0.4) is 0 Å². The monoisotopic (exact) mass is 391 g/mol. The van der Waals surface area contributed by atoms with Crippen molar-refractivity contribution in [3.8, 4) is 0 Å². The van der Waals surface area contributed by atoms with Gasteiger partial charge in [0.25, 0.3) is 5.91 Å². The third-order valence-corrected chi connectivity index (χ3v) is 4.46. The summed E-state index contributed by atoms with van der Waals surface area (Å²) in [4.78, 5) is 23.3. The number of benzene rings is 1. The van der Waals surface area contributed by atoms with Crippen molar-refractivity contribution in [2.45, 2.75) is 32.2 Å². The lowest BCUT2D eigenvalue weighted by molar-refractivity contribution is -0.114. The first kappa shape index (κ1) is 20.9. The molecule has 1 aliphatic rings.